The van der Waals surface area contributed by atoms with E-state index >= 15 is 0 Å². The van der Waals surface area contributed by atoms with Crippen molar-refractivity contribution in [3.63, 3.8) is 0 Å². The Bertz CT molecular complexity index is 581. The van der Waals surface area contributed by atoms with E-state index in [1.807, 2.05) is 0 Å². The lowest BCUT2D eigenvalue weighted by Gasteiger charge is -2.02. The van der Waals surface area contributed by atoms with Crippen LogP contribution in [0.5, 0.6) is 0 Å². The average molecular weight is 268 g/mol. The summed E-state index contributed by atoms with van der Waals surface area (Å²) >= 11 is 5.66. The number of pyridine rings is 1. The van der Waals surface area contributed by atoms with Crippen molar-refractivity contribution in [1.82, 2.24) is 4.98 Å². The normalized spacial score (nSPS) is 10.4. The molecule has 0 saturated heterocycles. The molecular formula is C13H8ClF2NO. The summed E-state index contributed by atoms with van der Waals surface area (Å²) in [4.78, 5) is 15.6. The van der Waals surface area contributed by atoms with E-state index in [0.29, 0.717) is 5.56 Å². The zero-order valence-corrected chi connectivity index (χ0v) is 9.92. The highest BCUT2D eigenvalue weighted by molar-refractivity contribution is 6.29. The van der Waals surface area contributed by atoms with Crippen molar-refractivity contribution in [2.75, 3.05) is 0 Å². The second-order valence-electron chi connectivity index (χ2n) is 3.74. The number of halogens is 3. The van der Waals surface area contributed by atoms with Crippen molar-refractivity contribution in [2.24, 2.45) is 0 Å². The van der Waals surface area contributed by atoms with Crippen LogP contribution >= 0.6 is 11.6 Å². The summed E-state index contributed by atoms with van der Waals surface area (Å²) in [5.41, 5.74) is 0.644. The lowest BCUT2D eigenvalue weighted by atomic mass is 10.0. The van der Waals surface area contributed by atoms with Gasteiger partial charge < -0.3 is 0 Å². The predicted molar refractivity (Wildman–Crippen MR) is 63.6 cm³/mol. The SMILES string of the molecule is O=C(Cc1cc(F)cc(F)c1)c1ccnc(Cl)c1. The van der Waals surface area contributed by atoms with Gasteiger partial charge in [0.25, 0.3) is 0 Å². The molecule has 0 aliphatic heterocycles. The molecule has 2 aromatic rings. The number of rotatable bonds is 3. The van der Waals surface area contributed by atoms with Gasteiger partial charge in [-0.25, -0.2) is 13.8 Å². The molecular weight excluding hydrogens is 260 g/mol. The van der Waals surface area contributed by atoms with Gasteiger partial charge >= 0.3 is 0 Å². The molecule has 1 aromatic heterocycles. The van der Waals surface area contributed by atoms with Gasteiger partial charge in [0.2, 0.25) is 0 Å². The second kappa shape index (κ2) is 5.23. The highest BCUT2D eigenvalue weighted by atomic mass is 35.5. The fraction of sp³-hybridized carbons (Fsp3) is 0.0769. The third-order valence-corrected chi connectivity index (χ3v) is 2.54. The third kappa shape index (κ3) is 3.11. The monoisotopic (exact) mass is 267 g/mol. The van der Waals surface area contributed by atoms with E-state index in [2.05, 4.69) is 4.98 Å². The molecule has 0 unspecified atom stereocenters. The smallest absolute Gasteiger partial charge is 0.167 e. The molecule has 0 radical (unpaired) electrons. The zero-order valence-electron chi connectivity index (χ0n) is 9.16. The summed E-state index contributed by atoms with van der Waals surface area (Å²) in [6.07, 6.45) is 1.32. The number of hydrogen-bond acceptors (Lipinski definition) is 2. The van der Waals surface area contributed by atoms with Crippen LogP contribution in [0.1, 0.15) is 15.9 Å². The Morgan fingerprint density at radius 2 is 1.83 bits per heavy atom. The number of ketones is 1. The summed E-state index contributed by atoms with van der Waals surface area (Å²) < 4.78 is 25.9. The van der Waals surface area contributed by atoms with Gasteiger partial charge in [0.05, 0.1) is 0 Å². The summed E-state index contributed by atoms with van der Waals surface area (Å²) in [5, 5.41) is 0.200. The molecule has 0 N–H and O–H groups in total. The van der Waals surface area contributed by atoms with Gasteiger partial charge in [-0.2, -0.15) is 0 Å². The Kier molecular flexibility index (Phi) is 3.67. The molecule has 5 heteroatoms. The summed E-state index contributed by atoms with van der Waals surface area (Å²) in [6, 6.07) is 5.94. The van der Waals surface area contributed by atoms with Crippen molar-refractivity contribution >= 4 is 17.4 Å². The minimum Gasteiger partial charge on any atom is -0.294 e. The third-order valence-electron chi connectivity index (χ3n) is 2.34. The van der Waals surface area contributed by atoms with Gasteiger partial charge in [-0.15, -0.1) is 0 Å². The number of carbonyl (C=O) groups is 1. The van der Waals surface area contributed by atoms with E-state index < -0.39 is 11.6 Å². The van der Waals surface area contributed by atoms with Crippen LogP contribution in [-0.4, -0.2) is 10.8 Å². The van der Waals surface area contributed by atoms with Crippen molar-refractivity contribution in [2.45, 2.75) is 6.42 Å². The number of carbonyl (C=O) groups excluding carboxylic acids is 1. The fourth-order valence-electron chi connectivity index (χ4n) is 1.58. The first-order chi connectivity index (χ1) is 8.54. The van der Waals surface area contributed by atoms with Crippen LogP contribution in [0, 0.1) is 11.6 Å². The Balaban J connectivity index is 2.21. The van der Waals surface area contributed by atoms with Gasteiger partial charge in [0, 0.05) is 24.2 Å². The first kappa shape index (κ1) is 12.6. The Morgan fingerprint density at radius 3 is 2.44 bits per heavy atom. The van der Waals surface area contributed by atoms with Crippen LogP contribution in [0.15, 0.2) is 36.5 Å². The van der Waals surface area contributed by atoms with E-state index in [0.717, 1.165) is 18.2 Å². The summed E-state index contributed by atoms with van der Waals surface area (Å²) in [5.74, 6) is -1.68. The van der Waals surface area contributed by atoms with Crippen LogP contribution in [0.3, 0.4) is 0 Å². The molecule has 0 atom stereocenters. The first-order valence-electron chi connectivity index (χ1n) is 5.14. The fourth-order valence-corrected chi connectivity index (χ4v) is 1.75. The molecule has 0 amide bonds. The van der Waals surface area contributed by atoms with E-state index in [-0.39, 0.29) is 22.9 Å². The summed E-state index contributed by atoms with van der Waals surface area (Å²) in [7, 11) is 0. The Morgan fingerprint density at radius 1 is 1.17 bits per heavy atom. The first-order valence-corrected chi connectivity index (χ1v) is 5.52. The van der Waals surface area contributed by atoms with Gasteiger partial charge in [-0.1, -0.05) is 11.6 Å². The van der Waals surface area contributed by atoms with E-state index in [1.165, 1.54) is 18.3 Å². The number of aromatic nitrogens is 1. The average Bonchev–Trinajstić information content (AvgIpc) is 2.27. The number of benzene rings is 1. The highest BCUT2D eigenvalue weighted by Crippen LogP contribution is 2.13. The Labute approximate surface area is 107 Å². The molecule has 92 valence electrons. The van der Waals surface area contributed by atoms with Crippen molar-refractivity contribution in [3.05, 3.63) is 64.4 Å². The molecule has 2 rings (SSSR count). The van der Waals surface area contributed by atoms with E-state index in [1.54, 1.807) is 0 Å². The van der Waals surface area contributed by atoms with Crippen LogP contribution < -0.4 is 0 Å². The largest absolute Gasteiger partial charge is 0.294 e. The summed E-state index contributed by atoms with van der Waals surface area (Å²) in [6.45, 7) is 0. The van der Waals surface area contributed by atoms with Gasteiger partial charge in [-0.05, 0) is 29.8 Å². The molecule has 0 saturated carbocycles. The van der Waals surface area contributed by atoms with Crippen LogP contribution in [0.4, 0.5) is 8.78 Å². The molecule has 0 bridgehead atoms. The maximum absolute atomic E-state index is 13.0. The van der Waals surface area contributed by atoms with Gasteiger partial charge in [0.15, 0.2) is 5.78 Å². The predicted octanol–water partition coefficient (Wildman–Crippen LogP) is 3.44. The topological polar surface area (TPSA) is 30.0 Å². The lowest BCUT2D eigenvalue weighted by Crippen LogP contribution is -2.04. The minimum atomic E-state index is -0.703. The van der Waals surface area contributed by atoms with Crippen molar-refractivity contribution in [3.8, 4) is 0 Å². The molecule has 1 heterocycles. The highest BCUT2D eigenvalue weighted by Gasteiger charge is 2.09. The second-order valence-corrected chi connectivity index (χ2v) is 4.13. The van der Waals surface area contributed by atoms with Crippen LogP contribution in [0.2, 0.25) is 5.15 Å². The van der Waals surface area contributed by atoms with Crippen LogP contribution in [0.25, 0.3) is 0 Å². The van der Waals surface area contributed by atoms with Crippen molar-refractivity contribution in [1.29, 1.82) is 0 Å². The van der Waals surface area contributed by atoms with Gasteiger partial charge in [-0.3, -0.25) is 4.79 Å². The standard InChI is InChI=1S/C13H8ClF2NO/c14-13-6-9(1-2-17-13)12(18)5-8-3-10(15)7-11(16)4-8/h1-4,6-7H,5H2. The molecule has 0 aliphatic carbocycles. The van der Waals surface area contributed by atoms with E-state index in [4.69, 9.17) is 11.6 Å². The molecule has 0 aliphatic rings. The van der Waals surface area contributed by atoms with E-state index in [9.17, 15) is 13.6 Å². The molecule has 1 aromatic carbocycles. The number of Topliss-reactive ketones (excluding diaryl/α,β-unsaturated/α-hetero) is 1. The van der Waals surface area contributed by atoms with Crippen LogP contribution in [-0.2, 0) is 6.42 Å². The van der Waals surface area contributed by atoms with Gasteiger partial charge in [0.1, 0.15) is 16.8 Å². The Hall–Kier alpha value is -1.81. The number of nitrogens with zero attached hydrogens (tertiary/aromatic N) is 1. The quantitative estimate of drug-likeness (QED) is 0.630. The maximum atomic E-state index is 13.0. The molecule has 0 fully saturated rings. The molecule has 0 spiro atoms. The van der Waals surface area contributed by atoms with Crippen molar-refractivity contribution < 1.29 is 13.6 Å². The molecule has 18 heavy (non-hydrogen) atoms. The zero-order chi connectivity index (χ0) is 13.1. The number of hydrogen-bond donors (Lipinski definition) is 0. The maximum Gasteiger partial charge on any atom is 0.167 e. The minimum absolute atomic E-state index is 0.0883. The molecule has 2 nitrogen and oxygen atoms in total. The lowest BCUT2D eigenvalue weighted by molar-refractivity contribution is 0.0993.